The lowest BCUT2D eigenvalue weighted by molar-refractivity contribution is -0.132. The molecule has 0 atom stereocenters. The molecular formula is C16H23ClN2O2. The van der Waals surface area contributed by atoms with E-state index in [4.69, 9.17) is 16.3 Å². The van der Waals surface area contributed by atoms with Crippen LogP contribution in [0.3, 0.4) is 0 Å². The molecule has 1 N–H and O–H groups in total. The second-order valence-electron chi connectivity index (χ2n) is 5.78. The lowest BCUT2D eigenvalue weighted by Gasteiger charge is -2.18. The summed E-state index contributed by atoms with van der Waals surface area (Å²) in [5, 5.41) is 3.98. The molecule has 0 aliphatic heterocycles. The number of carbonyl (C=O) groups excluding carboxylic acids is 1. The summed E-state index contributed by atoms with van der Waals surface area (Å²) in [4.78, 5) is 13.8. The number of ether oxygens (including phenoxy) is 1. The second kappa shape index (κ2) is 7.14. The number of benzene rings is 1. The number of hydrogen-bond acceptors (Lipinski definition) is 3. The zero-order chi connectivity index (χ0) is 15.4. The van der Waals surface area contributed by atoms with E-state index in [1.165, 1.54) is 0 Å². The molecule has 2 rings (SSSR count). The Labute approximate surface area is 131 Å². The molecule has 0 spiro atoms. The van der Waals surface area contributed by atoms with Crippen LogP contribution in [0.4, 0.5) is 0 Å². The minimum Gasteiger partial charge on any atom is -0.483 e. The molecule has 0 bridgehead atoms. The van der Waals surface area contributed by atoms with Crippen LogP contribution in [-0.4, -0.2) is 36.5 Å². The van der Waals surface area contributed by atoms with Gasteiger partial charge in [0.1, 0.15) is 5.75 Å². The normalized spacial score (nSPS) is 14.3. The van der Waals surface area contributed by atoms with Gasteiger partial charge in [-0.15, -0.1) is 0 Å². The van der Waals surface area contributed by atoms with Gasteiger partial charge in [-0.05, 0) is 25.0 Å². The van der Waals surface area contributed by atoms with E-state index in [0.717, 1.165) is 18.4 Å². The van der Waals surface area contributed by atoms with Crippen molar-refractivity contribution in [1.29, 1.82) is 0 Å². The van der Waals surface area contributed by atoms with Crippen LogP contribution in [-0.2, 0) is 11.3 Å². The topological polar surface area (TPSA) is 41.6 Å². The van der Waals surface area contributed by atoms with Gasteiger partial charge in [0.15, 0.2) is 6.61 Å². The highest BCUT2D eigenvalue weighted by Gasteiger charge is 2.29. The van der Waals surface area contributed by atoms with Crippen molar-refractivity contribution in [1.82, 2.24) is 10.2 Å². The predicted octanol–water partition coefficient (Wildman–Crippen LogP) is 2.84. The molecule has 1 amide bonds. The van der Waals surface area contributed by atoms with E-state index in [0.29, 0.717) is 29.4 Å². The van der Waals surface area contributed by atoms with Gasteiger partial charge in [-0.3, -0.25) is 4.79 Å². The van der Waals surface area contributed by atoms with E-state index < -0.39 is 0 Å². The van der Waals surface area contributed by atoms with Crippen LogP contribution in [0.15, 0.2) is 18.2 Å². The summed E-state index contributed by atoms with van der Waals surface area (Å²) in [7, 11) is 1.84. The molecule has 4 nitrogen and oxygen atoms in total. The Hall–Kier alpha value is -1.26. The third-order valence-corrected chi connectivity index (χ3v) is 3.96. The smallest absolute Gasteiger partial charge is 0.260 e. The first kappa shape index (κ1) is 16.1. The van der Waals surface area contributed by atoms with Crippen LogP contribution in [0.25, 0.3) is 0 Å². The van der Waals surface area contributed by atoms with Crippen LogP contribution in [0.2, 0.25) is 5.02 Å². The standard InChI is InChI=1S/C16H23ClN2O2/c1-11(2)18-9-13-14(17)5-4-6-15(13)21-10-16(20)19(3)12-7-8-12/h4-6,11-12,18H,7-10H2,1-3H3. The van der Waals surface area contributed by atoms with Crippen molar-refractivity contribution in [2.45, 2.75) is 45.3 Å². The predicted molar refractivity (Wildman–Crippen MR) is 84.7 cm³/mol. The molecule has 5 heteroatoms. The monoisotopic (exact) mass is 310 g/mol. The summed E-state index contributed by atoms with van der Waals surface area (Å²) in [5.41, 5.74) is 0.898. The van der Waals surface area contributed by atoms with E-state index >= 15 is 0 Å². The Balaban J connectivity index is 1.98. The van der Waals surface area contributed by atoms with Gasteiger partial charge in [0.25, 0.3) is 5.91 Å². The maximum absolute atomic E-state index is 12.0. The highest BCUT2D eigenvalue weighted by Crippen LogP contribution is 2.28. The summed E-state index contributed by atoms with van der Waals surface area (Å²) in [5.74, 6) is 0.688. The summed E-state index contributed by atoms with van der Waals surface area (Å²) in [6.07, 6.45) is 2.20. The Bertz CT molecular complexity index is 501. The molecule has 116 valence electrons. The van der Waals surface area contributed by atoms with Crippen molar-refractivity contribution in [3.8, 4) is 5.75 Å². The first-order chi connectivity index (χ1) is 9.99. The molecule has 1 aliphatic carbocycles. The maximum Gasteiger partial charge on any atom is 0.260 e. The number of amides is 1. The van der Waals surface area contributed by atoms with Gasteiger partial charge in [-0.1, -0.05) is 31.5 Å². The van der Waals surface area contributed by atoms with E-state index in [-0.39, 0.29) is 12.5 Å². The maximum atomic E-state index is 12.0. The van der Waals surface area contributed by atoms with E-state index in [2.05, 4.69) is 19.2 Å². The minimum absolute atomic E-state index is 0.0141. The van der Waals surface area contributed by atoms with Gasteiger partial charge in [-0.25, -0.2) is 0 Å². The summed E-state index contributed by atoms with van der Waals surface area (Å²) < 4.78 is 5.70. The molecule has 0 unspecified atom stereocenters. The van der Waals surface area contributed by atoms with Crippen molar-refractivity contribution in [2.24, 2.45) is 0 Å². The molecule has 1 aromatic rings. The average Bonchev–Trinajstić information content (AvgIpc) is 3.27. The summed E-state index contributed by atoms with van der Waals surface area (Å²) >= 11 is 6.24. The molecule has 0 saturated heterocycles. The third kappa shape index (κ3) is 4.61. The van der Waals surface area contributed by atoms with E-state index in [1.807, 2.05) is 25.2 Å². The van der Waals surface area contributed by atoms with Gasteiger partial charge in [0, 0.05) is 36.3 Å². The van der Waals surface area contributed by atoms with Gasteiger partial charge in [-0.2, -0.15) is 0 Å². The van der Waals surface area contributed by atoms with E-state index in [1.54, 1.807) is 4.90 Å². The van der Waals surface area contributed by atoms with Gasteiger partial charge < -0.3 is 15.0 Å². The molecule has 0 heterocycles. The number of nitrogens with one attached hydrogen (secondary N) is 1. The fraction of sp³-hybridized carbons (Fsp3) is 0.562. The fourth-order valence-corrected chi connectivity index (χ4v) is 2.29. The van der Waals surface area contributed by atoms with Crippen LogP contribution >= 0.6 is 11.6 Å². The molecule has 1 aromatic carbocycles. The number of likely N-dealkylation sites (N-methyl/N-ethyl adjacent to an activating group) is 1. The minimum atomic E-state index is 0.0141. The first-order valence-corrected chi connectivity index (χ1v) is 7.76. The van der Waals surface area contributed by atoms with E-state index in [9.17, 15) is 4.79 Å². The van der Waals surface area contributed by atoms with Gasteiger partial charge in [0.2, 0.25) is 0 Å². The summed E-state index contributed by atoms with van der Waals surface area (Å²) in [6.45, 7) is 4.83. The lowest BCUT2D eigenvalue weighted by Crippen LogP contribution is -2.33. The molecule has 1 fully saturated rings. The highest BCUT2D eigenvalue weighted by molar-refractivity contribution is 6.31. The Morgan fingerprint density at radius 3 is 2.81 bits per heavy atom. The Morgan fingerprint density at radius 1 is 1.48 bits per heavy atom. The lowest BCUT2D eigenvalue weighted by atomic mass is 10.2. The van der Waals surface area contributed by atoms with Crippen molar-refractivity contribution in [3.05, 3.63) is 28.8 Å². The highest BCUT2D eigenvalue weighted by atomic mass is 35.5. The number of rotatable bonds is 7. The third-order valence-electron chi connectivity index (χ3n) is 3.60. The zero-order valence-corrected chi connectivity index (χ0v) is 13.6. The number of halogens is 1. The average molecular weight is 311 g/mol. The van der Waals surface area contributed by atoms with Gasteiger partial charge in [0.05, 0.1) is 0 Å². The molecular weight excluding hydrogens is 288 g/mol. The SMILES string of the molecule is CC(C)NCc1c(Cl)cccc1OCC(=O)N(C)C1CC1. The molecule has 21 heavy (non-hydrogen) atoms. The van der Waals surface area contributed by atoms with Crippen LogP contribution < -0.4 is 10.1 Å². The Morgan fingerprint density at radius 2 is 2.19 bits per heavy atom. The zero-order valence-electron chi connectivity index (χ0n) is 12.9. The molecule has 1 saturated carbocycles. The first-order valence-electron chi connectivity index (χ1n) is 7.38. The quantitative estimate of drug-likeness (QED) is 0.842. The molecule has 0 aromatic heterocycles. The van der Waals surface area contributed by atoms with Gasteiger partial charge >= 0.3 is 0 Å². The van der Waals surface area contributed by atoms with Crippen molar-refractivity contribution < 1.29 is 9.53 Å². The number of hydrogen-bond donors (Lipinski definition) is 1. The second-order valence-corrected chi connectivity index (χ2v) is 6.18. The van der Waals surface area contributed by atoms with Crippen molar-refractivity contribution in [2.75, 3.05) is 13.7 Å². The number of nitrogens with zero attached hydrogens (tertiary/aromatic N) is 1. The van der Waals surface area contributed by atoms with Crippen LogP contribution in [0.5, 0.6) is 5.75 Å². The fourth-order valence-electron chi connectivity index (χ4n) is 2.06. The largest absolute Gasteiger partial charge is 0.483 e. The molecule has 0 radical (unpaired) electrons. The van der Waals surface area contributed by atoms with Crippen molar-refractivity contribution >= 4 is 17.5 Å². The Kier molecular flexibility index (Phi) is 5.48. The molecule has 1 aliphatic rings. The van der Waals surface area contributed by atoms with Crippen LogP contribution in [0, 0.1) is 0 Å². The summed E-state index contributed by atoms with van der Waals surface area (Å²) in [6, 6.07) is 6.29. The van der Waals surface area contributed by atoms with Crippen LogP contribution in [0.1, 0.15) is 32.3 Å². The van der Waals surface area contributed by atoms with Crippen molar-refractivity contribution in [3.63, 3.8) is 0 Å². The number of carbonyl (C=O) groups is 1.